The Morgan fingerprint density at radius 1 is 1.13 bits per heavy atom. The van der Waals surface area contributed by atoms with E-state index in [1.54, 1.807) is 29.2 Å². The normalized spacial score (nSPS) is 18.8. The monoisotopic (exact) mass is 441 g/mol. The third-order valence-corrected chi connectivity index (χ3v) is 5.65. The van der Waals surface area contributed by atoms with E-state index in [-0.39, 0.29) is 32.0 Å². The van der Waals surface area contributed by atoms with E-state index in [0.29, 0.717) is 23.9 Å². The van der Waals surface area contributed by atoms with Crippen LogP contribution in [-0.4, -0.2) is 53.2 Å². The van der Waals surface area contributed by atoms with Gasteiger partial charge in [0.15, 0.2) is 0 Å². The SMILES string of the molecule is NC(=O)CC1(COc2ccc(Cl)cc2)CN(C(=O)Cn2ccc3ccccc32)CCO1. The number of amides is 2. The Bertz CT molecular complexity index is 1080. The van der Waals surface area contributed by atoms with Crippen LogP contribution < -0.4 is 10.5 Å². The molecule has 1 unspecified atom stereocenters. The molecule has 0 radical (unpaired) electrons. The lowest BCUT2D eigenvalue weighted by molar-refractivity contribution is -0.162. The largest absolute Gasteiger partial charge is 0.490 e. The number of carbonyl (C=O) groups excluding carboxylic acids is 2. The number of morpholine rings is 1. The molecule has 31 heavy (non-hydrogen) atoms. The molecule has 3 aromatic rings. The van der Waals surface area contributed by atoms with Crippen molar-refractivity contribution in [1.82, 2.24) is 9.47 Å². The highest BCUT2D eigenvalue weighted by Gasteiger charge is 2.41. The highest BCUT2D eigenvalue weighted by atomic mass is 35.5. The Morgan fingerprint density at radius 3 is 2.68 bits per heavy atom. The molecular formula is C23H24ClN3O4. The summed E-state index contributed by atoms with van der Waals surface area (Å²) in [5, 5.41) is 1.68. The molecule has 8 heteroatoms. The Labute approximate surface area is 185 Å². The van der Waals surface area contributed by atoms with Gasteiger partial charge < -0.3 is 24.7 Å². The standard InChI is InChI=1S/C23H24ClN3O4/c24-18-5-7-19(8-6-18)30-16-23(13-21(25)28)15-27(11-12-31-23)22(29)14-26-10-9-17-3-1-2-4-20(17)26/h1-10H,11-16H2,(H2,25,28). The van der Waals surface area contributed by atoms with Crippen LogP contribution in [0.15, 0.2) is 60.8 Å². The number of halogens is 1. The third-order valence-electron chi connectivity index (χ3n) is 5.40. The molecule has 1 fully saturated rings. The lowest BCUT2D eigenvalue weighted by atomic mass is 9.97. The summed E-state index contributed by atoms with van der Waals surface area (Å²) in [5.74, 6) is 0.0366. The molecule has 1 atom stereocenters. The molecule has 1 aliphatic heterocycles. The molecule has 162 valence electrons. The zero-order valence-electron chi connectivity index (χ0n) is 17.0. The van der Waals surface area contributed by atoms with Crippen molar-refractivity contribution in [3.05, 3.63) is 65.8 Å². The molecule has 7 nitrogen and oxygen atoms in total. The van der Waals surface area contributed by atoms with Crippen LogP contribution in [0.25, 0.3) is 10.9 Å². The number of nitrogens with two attached hydrogens (primary N) is 1. The van der Waals surface area contributed by atoms with E-state index < -0.39 is 11.5 Å². The molecule has 1 aromatic heterocycles. The van der Waals surface area contributed by atoms with Crippen LogP contribution >= 0.6 is 11.6 Å². The molecular weight excluding hydrogens is 418 g/mol. The highest BCUT2D eigenvalue weighted by molar-refractivity contribution is 6.30. The number of hydrogen-bond donors (Lipinski definition) is 1. The van der Waals surface area contributed by atoms with Gasteiger partial charge in [-0.25, -0.2) is 0 Å². The number of nitrogens with zero attached hydrogens (tertiary/aromatic N) is 2. The van der Waals surface area contributed by atoms with Crippen molar-refractivity contribution >= 4 is 34.3 Å². The van der Waals surface area contributed by atoms with Crippen molar-refractivity contribution in [2.45, 2.75) is 18.6 Å². The summed E-state index contributed by atoms with van der Waals surface area (Å²) in [6, 6.07) is 16.8. The summed E-state index contributed by atoms with van der Waals surface area (Å²) in [4.78, 5) is 26.6. The molecule has 2 heterocycles. The van der Waals surface area contributed by atoms with E-state index in [1.807, 2.05) is 41.1 Å². The minimum atomic E-state index is -1.00. The second-order valence-electron chi connectivity index (χ2n) is 7.73. The molecule has 0 aliphatic carbocycles. The quantitative estimate of drug-likeness (QED) is 0.610. The minimum absolute atomic E-state index is 0.0448. The van der Waals surface area contributed by atoms with E-state index in [4.69, 9.17) is 26.8 Å². The van der Waals surface area contributed by atoms with E-state index in [2.05, 4.69) is 0 Å². The van der Waals surface area contributed by atoms with Gasteiger partial charge in [-0.3, -0.25) is 9.59 Å². The fraction of sp³-hybridized carbons (Fsp3) is 0.304. The number of hydrogen-bond acceptors (Lipinski definition) is 4. The Kier molecular flexibility index (Phi) is 6.15. The van der Waals surface area contributed by atoms with Crippen LogP contribution in [0.3, 0.4) is 0 Å². The first kappa shape index (κ1) is 21.2. The number of para-hydroxylation sites is 1. The average Bonchev–Trinajstić information content (AvgIpc) is 3.16. The first-order chi connectivity index (χ1) is 14.9. The van der Waals surface area contributed by atoms with E-state index in [0.717, 1.165) is 10.9 Å². The van der Waals surface area contributed by atoms with Crippen molar-refractivity contribution in [2.75, 3.05) is 26.3 Å². The number of rotatable bonds is 7. The first-order valence-corrected chi connectivity index (χ1v) is 10.4. The predicted octanol–water partition coefficient (Wildman–Crippen LogP) is 2.85. The average molecular weight is 442 g/mol. The van der Waals surface area contributed by atoms with Crippen molar-refractivity contribution in [3.63, 3.8) is 0 Å². The van der Waals surface area contributed by atoms with Crippen LogP contribution in [0, 0.1) is 0 Å². The zero-order valence-corrected chi connectivity index (χ0v) is 17.8. The van der Waals surface area contributed by atoms with Crippen LogP contribution in [0.1, 0.15) is 6.42 Å². The number of benzene rings is 2. The zero-order chi connectivity index (χ0) is 21.8. The number of fused-ring (bicyclic) bond motifs is 1. The topological polar surface area (TPSA) is 86.8 Å². The van der Waals surface area contributed by atoms with Gasteiger partial charge in [0, 0.05) is 23.3 Å². The third kappa shape index (κ3) is 5.00. The van der Waals surface area contributed by atoms with E-state index in [9.17, 15) is 9.59 Å². The number of primary amides is 1. The molecule has 0 bridgehead atoms. The van der Waals surface area contributed by atoms with Crippen molar-refractivity contribution in [3.8, 4) is 5.75 Å². The maximum atomic E-state index is 13.1. The lowest BCUT2D eigenvalue weighted by Gasteiger charge is -2.42. The van der Waals surface area contributed by atoms with Crippen molar-refractivity contribution in [1.29, 1.82) is 0 Å². The summed E-state index contributed by atoms with van der Waals surface area (Å²) in [5.41, 5.74) is 5.49. The van der Waals surface area contributed by atoms with Crippen LogP contribution in [-0.2, 0) is 20.9 Å². The maximum Gasteiger partial charge on any atom is 0.242 e. The van der Waals surface area contributed by atoms with Gasteiger partial charge in [-0.05, 0) is 41.8 Å². The van der Waals surface area contributed by atoms with Gasteiger partial charge in [0.1, 0.15) is 24.5 Å². The number of aromatic nitrogens is 1. The van der Waals surface area contributed by atoms with Gasteiger partial charge in [-0.15, -0.1) is 0 Å². The fourth-order valence-corrected chi connectivity index (χ4v) is 4.02. The molecule has 2 aromatic carbocycles. The lowest BCUT2D eigenvalue weighted by Crippen LogP contribution is -2.58. The molecule has 2 amide bonds. The van der Waals surface area contributed by atoms with E-state index >= 15 is 0 Å². The summed E-state index contributed by atoms with van der Waals surface area (Å²) in [6.45, 7) is 1.27. The minimum Gasteiger partial charge on any atom is -0.490 e. The smallest absolute Gasteiger partial charge is 0.242 e. The summed E-state index contributed by atoms with van der Waals surface area (Å²) < 4.78 is 13.7. The number of ether oxygens (including phenoxy) is 2. The second-order valence-corrected chi connectivity index (χ2v) is 8.17. The van der Waals surface area contributed by atoms with Gasteiger partial charge in [0.25, 0.3) is 0 Å². The van der Waals surface area contributed by atoms with Crippen LogP contribution in [0.5, 0.6) is 5.75 Å². The molecule has 4 rings (SSSR count). The van der Waals surface area contributed by atoms with Gasteiger partial charge in [0.2, 0.25) is 11.8 Å². The van der Waals surface area contributed by atoms with Crippen molar-refractivity contribution < 1.29 is 19.1 Å². The van der Waals surface area contributed by atoms with Crippen LogP contribution in [0.4, 0.5) is 0 Å². The second kappa shape index (κ2) is 8.99. The molecule has 0 spiro atoms. The van der Waals surface area contributed by atoms with Crippen LogP contribution in [0.2, 0.25) is 5.02 Å². The first-order valence-electron chi connectivity index (χ1n) is 10.1. The summed E-state index contributed by atoms with van der Waals surface area (Å²) in [6.07, 6.45) is 1.86. The molecule has 1 saturated heterocycles. The summed E-state index contributed by atoms with van der Waals surface area (Å²) >= 11 is 5.92. The van der Waals surface area contributed by atoms with E-state index in [1.165, 1.54) is 0 Å². The Morgan fingerprint density at radius 2 is 1.90 bits per heavy atom. The van der Waals surface area contributed by atoms with Gasteiger partial charge in [-0.2, -0.15) is 0 Å². The summed E-state index contributed by atoms with van der Waals surface area (Å²) in [7, 11) is 0. The fourth-order valence-electron chi connectivity index (χ4n) is 3.89. The maximum absolute atomic E-state index is 13.1. The van der Waals surface area contributed by atoms with Gasteiger partial charge in [0.05, 0.1) is 19.6 Å². The van der Waals surface area contributed by atoms with Gasteiger partial charge in [-0.1, -0.05) is 29.8 Å². The Hall–Kier alpha value is -3.03. The highest BCUT2D eigenvalue weighted by Crippen LogP contribution is 2.25. The predicted molar refractivity (Wildman–Crippen MR) is 118 cm³/mol. The Balaban J connectivity index is 1.47. The molecule has 0 saturated carbocycles. The molecule has 2 N–H and O–H groups in total. The van der Waals surface area contributed by atoms with Gasteiger partial charge >= 0.3 is 0 Å². The molecule has 1 aliphatic rings. The van der Waals surface area contributed by atoms with Crippen molar-refractivity contribution in [2.24, 2.45) is 5.73 Å². The number of carbonyl (C=O) groups is 2.